The third-order valence-electron chi connectivity index (χ3n) is 3.52. The van der Waals surface area contributed by atoms with Crippen molar-refractivity contribution in [3.8, 4) is 0 Å². The van der Waals surface area contributed by atoms with E-state index in [0.29, 0.717) is 0 Å². The summed E-state index contributed by atoms with van der Waals surface area (Å²) in [5.74, 6) is 0.801. The van der Waals surface area contributed by atoms with Crippen molar-refractivity contribution in [2.24, 2.45) is 4.99 Å². The van der Waals surface area contributed by atoms with E-state index < -0.39 is 0 Å². The Hall–Kier alpha value is -2.81. The second kappa shape index (κ2) is 8.59. The molecule has 0 saturated heterocycles. The molecular formula is C20H23N3. The van der Waals surface area contributed by atoms with Gasteiger partial charge in [-0.3, -0.25) is 0 Å². The van der Waals surface area contributed by atoms with Crippen molar-refractivity contribution < 1.29 is 0 Å². The number of aliphatic imine (C=N–C) groups is 1. The lowest BCUT2D eigenvalue weighted by molar-refractivity contribution is 0.405. The second-order valence-corrected chi connectivity index (χ2v) is 5.19. The summed E-state index contributed by atoms with van der Waals surface area (Å²) in [4.78, 5) is 6.63. The molecule has 0 aliphatic rings. The smallest absolute Gasteiger partial charge is 0.151 e. The maximum absolute atomic E-state index is 4.43. The molecule has 23 heavy (non-hydrogen) atoms. The number of rotatable bonds is 7. The molecule has 0 atom stereocenters. The first kappa shape index (κ1) is 16.6. The average molecular weight is 305 g/mol. The Morgan fingerprint density at radius 2 is 1.48 bits per heavy atom. The van der Waals surface area contributed by atoms with Gasteiger partial charge in [0.05, 0.1) is 5.70 Å². The van der Waals surface area contributed by atoms with Crippen molar-refractivity contribution in [1.82, 2.24) is 10.2 Å². The van der Waals surface area contributed by atoms with Gasteiger partial charge in [0, 0.05) is 26.3 Å². The number of nitrogens with zero attached hydrogens (tertiary/aromatic N) is 2. The van der Waals surface area contributed by atoms with Crippen LogP contribution in [0.1, 0.15) is 11.1 Å². The fourth-order valence-corrected chi connectivity index (χ4v) is 2.36. The third-order valence-corrected chi connectivity index (χ3v) is 3.52. The Morgan fingerprint density at radius 1 is 1.00 bits per heavy atom. The summed E-state index contributed by atoms with van der Waals surface area (Å²) in [5.41, 5.74) is 3.23. The molecule has 2 aromatic carbocycles. The summed E-state index contributed by atoms with van der Waals surface area (Å²) in [7, 11) is 1.85. The van der Waals surface area contributed by atoms with E-state index in [0.717, 1.165) is 24.6 Å². The van der Waals surface area contributed by atoms with Gasteiger partial charge in [-0.05, 0) is 11.1 Å². The van der Waals surface area contributed by atoms with Crippen molar-refractivity contribution in [3.05, 3.63) is 96.8 Å². The summed E-state index contributed by atoms with van der Waals surface area (Å²) in [6.07, 6.45) is 1.56. The lowest BCUT2D eigenvalue weighted by Crippen LogP contribution is -2.34. The minimum atomic E-state index is 0.753. The van der Waals surface area contributed by atoms with E-state index in [1.807, 2.05) is 43.4 Å². The fourth-order valence-electron chi connectivity index (χ4n) is 2.36. The number of hydrogen-bond acceptors (Lipinski definition) is 2. The highest BCUT2D eigenvalue weighted by molar-refractivity contribution is 5.97. The Kier molecular flexibility index (Phi) is 6.18. The molecule has 0 heterocycles. The van der Waals surface area contributed by atoms with Crippen LogP contribution in [0.2, 0.25) is 0 Å². The van der Waals surface area contributed by atoms with Crippen molar-refractivity contribution in [3.63, 3.8) is 0 Å². The molecule has 0 bridgehead atoms. The molecule has 3 heteroatoms. The first-order valence-corrected chi connectivity index (χ1v) is 7.63. The molecule has 0 aromatic heterocycles. The van der Waals surface area contributed by atoms with Crippen LogP contribution in [0.5, 0.6) is 0 Å². The van der Waals surface area contributed by atoms with Gasteiger partial charge in [0.1, 0.15) is 0 Å². The van der Waals surface area contributed by atoms with Crippen LogP contribution in [0, 0.1) is 0 Å². The molecule has 0 fully saturated rings. The summed E-state index contributed by atoms with van der Waals surface area (Å²) in [6.45, 7) is 9.30. The van der Waals surface area contributed by atoms with Crippen LogP contribution in [0.25, 0.3) is 0 Å². The van der Waals surface area contributed by atoms with E-state index in [9.17, 15) is 0 Å². The molecule has 0 spiro atoms. The highest BCUT2D eigenvalue weighted by atomic mass is 15.2. The van der Waals surface area contributed by atoms with Crippen LogP contribution in [0.3, 0.4) is 0 Å². The zero-order valence-electron chi connectivity index (χ0n) is 13.6. The van der Waals surface area contributed by atoms with Crippen LogP contribution >= 0.6 is 0 Å². The summed E-state index contributed by atoms with van der Waals surface area (Å²) < 4.78 is 0. The lowest BCUT2D eigenvalue weighted by Gasteiger charge is -2.27. The summed E-state index contributed by atoms with van der Waals surface area (Å²) in [5, 5.41) is 3.09. The largest absolute Gasteiger partial charge is 0.386 e. The Bertz CT molecular complexity index is 618. The molecular weight excluding hydrogens is 282 g/mol. The van der Waals surface area contributed by atoms with Crippen molar-refractivity contribution in [2.75, 3.05) is 7.05 Å². The molecule has 2 rings (SSSR count). The molecule has 3 nitrogen and oxygen atoms in total. The number of likely N-dealkylation sites (N-methyl/N-ethyl adjacent to an activating group) is 1. The van der Waals surface area contributed by atoms with Crippen LogP contribution < -0.4 is 5.32 Å². The molecule has 0 amide bonds. The van der Waals surface area contributed by atoms with Gasteiger partial charge in [-0.2, -0.15) is 0 Å². The average Bonchev–Trinajstić information content (AvgIpc) is 2.60. The lowest BCUT2D eigenvalue weighted by atomic mass is 10.1. The highest BCUT2D eigenvalue weighted by Crippen LogP contribution is 2.13. The molecule has 2 aromatic rings. The predicted molar refractivity (Wildman–Crippen MR) is 98.0 cm³/mol. The van der Waals surface area contributed by atoms with E-state index in [-0.39, 0.29) is 0 Å². The Balaban J connectivity index is 2.31. The van der Waals surface area contributed by atoms with Crippen LogP contribution in [-0.4, -0.2) is 17.8 Å². The molecule has 0 radical (unpaired) electrons. The van der Waals surface area contributed by atoms with Gasteiger partial charge >= 0.3 is 0 Å². The van der Waals surface area contributed by atoms with Crippen LogP contribution in [0.15, 0.2) is 90.7 Å². The first-order chi connectivity index (χ1) is 11.2. The van der Waals surface area contributed by atoms with Gasteiger partial charge in [0.2, 0.25) is 0 Å². The maximum Gasteiger partial charge on any atom is 0.151 e. The normalized spacial score (nSPS) is 10.9. The highest BCUT2D eigenvalue weighted by Gasteiger charge is 2.14. The minimum absolute atomic E-state index is 0.753. The third kappa shape index (κ3) is 4.85. The van der Waals surface area contributed by atoms with E-state index in [1.165, 1.54) is 11.1 Å². The maximum atomic E-state index is 4.43. The molecule has 118 valence electrons. The molecule has 0 aliphatic heterocycles. The Labute approximate surface area is 138 Å². The zero-order chi connectivity index (χ0) is 16.5. The van der Waals surface area contributed by atoms with Gasteiger partial charge in [0.15, 0.2) is 5.84 Å². The number of benzene rings is 2. The van der Waals surface area contributed by atoms with Gasteiger partial charge in [-0.25, -0.2) is 4.99 Å². The minimum Gasteiger partial charge on any atom is -0.386 e. The summed E-state index contributed by atoms with van der Waals surface area (Å²) in [6, 6.07) is 20.7. The predicted octanol–water partition coefficient (Wildman–Crippen LogP) is 3.96. The Morgan fingerprint density at radius 3 is 1.87 bits per heavy atom. The number of amidine groups is 1. The molecule has 0 unspecified atom stereocenters. The topological polar surface area (TPSA) is 27.6 Å². The van der Waals surface area contributed by atoms with Crippen LogP contribution in [0.4, 0.5) is 0 Å². The quantitative estimate of drug-likeness (QED) is 0.619. The molecule has 0 aliphatic carbocycles. The standard InChI is InChI=1S/C20H23N3/c1-4-22-20(17(2)21-3)23(15-18-11-7-5-8-12-18)16-19-13-9-6-10-14-19/h4-14,21H,1-2,15-16H2,3H3/b22-20+. The number of nitrogens with one attached hydrogen (secondary N) is 1. The van der Waals surface area contributed by atoms with Gasteiger partial charge in [0.25, 0.3) is 0 Å². The van der Waals surface area contributed by atoms with Crippen LogP contribution in [-0.2, 0) is 13.1 Å². The molecule has 1 N–H and O–H groups in total. The first-order valence-electron chi connectivity index (χ1n) is 7.63. The zero-order valence-corrected chi connectivity index (χ0v) is 13.6. The van der Waals surface area contributed by atoms with Gasteiger partial charge in [-0.1, -0.05) is 73.8 Å². The second-order valence-electron chi connectivity index (χ2n) is 5.19. The number of hydrogen-bond donors (Lipinski definition) is 1. The van der Waals surface area contributed by atoms with Crippen molar-refractivity contribution in [1.29, 1.82) is 0 Å². The van der Waals surface area contributed by atoms with E-state index >= 15 is 0 Å². The van der Waals surface area contributed by atoms with Crippen molar-refractivity contribution >= 4 is 5.84 Å². The SMILES string of the molecule is C=C/N=C(\C(=C)NC)N(Cc1ccccc1)Cc1ccccc1. The van der Waals surface area contributed by atoms with E-state index in [4.69, 9.17) is 0 Å². The monoisotopic (exact) mass is 305 g/mol. The van der Waals surface area contributed by atoms with Crippen molar-refractivity contribution in [2.45, 2.75) is 13.1 Å². The van der Waals surface area contributed by atoms with E-state index in [1.54, 1.807) is 6.20 Å². The summed E-state index contributed by atoms with van der Waals surface area (Å²) >= 11 is 0. The molecule has 0 saturated carbocycles. The van der Waals surface area contributed by atoms with E-state index in [2.05, 4.69) is 52.6 Å². The van der Waals surface area contributed by atoms with Gasteiger partial charge in [-0.15, -0.1) is 0 Å². The van der Waals surface area contributed by atoms with Gasteiger partial charge < -0.3 is 10.2 Å². The fraction of sp³-hybridized carbons (Fsp3) is 0.150.